The van der Waals surface area contributed by atoms with Crippen LogP contribution in [0.5, 0.6) is 0 Å². The van der Waals surface area contributed by atoms with Crippen LogP contribution in [0.25, 0.3) is 5.69 Å². The number of amides is 2. The molecule has 156 valence electrons. The van der Waals surface area contributed by atoms with E-state index >= 15 is 0 Å². The van der Waals surface area contributed by atoms with Crippen molar-refractivity contribution in [3.8, 4) is 5.69 Å². The molecule has 3 rings (SSSR count). The van der Waals surface area contributed by atoms with E-state index in [2.05, 4.69) is 10.4 Å². The second-order valence-electron chi connectivity index (χ2n) is 7.42. The van der Waals surface area contributed by atoms with Crippen LogP contribution in [-0.4, -0.2) is 39.6 Å². The Morgan fingerprint density at radius 3 is 2.33 bits per heavy atom. The number of carbonyl (C=O) groups is 2. The zero-order valence-corrected chi connectivity index (χ0v) is 17.7. The van der Waals surface area contributed by atoms with Crippen molar-refractivity contribution in [2.24, 2.45) is 5.73 Å². The summed E-state index contributed by atoms with van der Waals surface area (Å²) in [5.41, 5.74) is 10.4. The molecule has 0 fully saturated rings. The fourth-order valence-corrected chi connectivity index (χ4v) is 3.28. The van der Waals surface area contributed by atoms with Crippen molar-refractivity contribution in [2.45, 2.75) is 33.4 Å². The molecule has 2 amide bonds. The maximum absolute atomic E-state index is 12.7. The maximum atomic E-state index is 12.7. The lowest BCUT2D eigenvalue weighted by Crippen LogP contribution is -2.39. The molecule has 0 radical (unpaired) electrons. The standard InChI is InChI=1S/C23H27N5O2/c1-15-21(16(2)28(26-15)20-8-6-5-7-9-20)14-27(4)17(3)23(30)25-19-12-10-18(11-13-19)22(24)29/h5-13,17H,14H2,1-4H3,(H2,24,29)(H,25,30)/t17-/m0/s1. The van der Waals surface area contributed by atoms with Crippen LogP contribution in [0.15, 0.2) is 54.6 Å². The number of aromatic nitrogens is 2. The van der Waals surface area contributed by atoms with Gasteiger partial charge in [0, 0.05) is 29.1 Å². The monoisotopic (exact) mass is 405 g/mol. The normalized spacial score (nSPS) is 12.0. The summed E-state index contributed by atoms with van der Waals surface area (Å²) in [6, 6.07) is 16.2. The number of benzene rings is 2. The third kappa shape index (κ3) is 4.58. The van der Waals surface area contributed by atoms with Gasteiger partial charge in [-0.05, 0) is 64.2 Å². The molecule has 0 spiro atoms. The summed E-state index contributed by atoms with van der Waals surface area (Å²) in [5.74, 6) is -0.627. The van der Waals surface area contributed by atoms with Crippen LogP contribution in [0, 0.1) is 13.8 Å². The highest BCUT2D eigenvalue weighted by molar-refractivity contribution is 5.96. The van der Waals surface area contributed by atoms with Crippen LogP contribution < -0.4 is 11.1 Å². The second-order valence-corrected chi connectivity index (χ2v) is 7.42. The predicted molar refractivity (Wildman–Crippen MR) is 118 cm³/mol. The first-order valence-corrected chi connectivity index (χ1v) is 9.79. The Balaban J connectivity index is 1.69. The fraction of sp³-hybridized carbons (Fsp3) is 0.261. The Morgan fingerprint density at radius 1 is 1.10 bits per heavy atom. The van der Waals surface area contributed by atoms with Crippen molar-refractivity contribution in [1.29, 1.82) is 0 Å². The van der Waals surface area contributed by atoms with Gasteiger partial charge in [-0.3, -0.25) is 14.5 Å². The summed E-state index contributed by atoms with van der Waals surface area (Å²) in [5, 5.41) is 7.56. The Morgan fingerprint density at radius 2 is 1.73 bits per heavy atom. The number of aryl methyl sites for hydroxylation is 1. The molecule has 1 aromatic heterocycles. The Bertz CT molecular complexity index is 1040. The second kappa shape index (κ2) is 8.92. The van der Waals surface area contributed by atoms with Crippen LogP contribution >= 0.6 is 0 Å². The summed E-state index contributed by atoms with van der Waals surface area (Å²) in [4.78, 5) is 25.9. The number of para-hydroxylation sites is 1. The molecule has 0 bridgehead atoms. The van der Waals surface area contributed by atoms with E-state index in [0.29, 0.717) is 17.8 Å². The Kier molecular flexibility index (Phi) is 6.32. The van der Waals surface area contributed by atoms with Crippen molar-refractivity contribution in [3.05, 3.63) is 77.1 Å². The lowest BCUT2D eigenvalue weighted by molar-refractivity contribution is -0.120. The zero-order valence-electron chi connectivity index (χ0n) is 17.7. The zero-order chi connectivity index (χ0) is 21.8. The lowest BCUT2D eigenvalue weighted by atomic mass is 10.1. The molecule has 1 atom stereocenters. The molecule has 0 aliphatic heterocycles. The minimum atomic E-state index is -0.497. The van der Waals surface area contributed by atoms with Gasteiger partial charge in [-0.2, -0.15) is 5.10 Å². The number of nitrogens with one attached hydrogen (secondary N) is 1. The van der Waals surface area contributed by atoms with Gasteiger partial charge in [0.1, 0.15) is 0 Å². The highest BCUT2D eigenvalue weighted by Crippen LogP contribution is 2.20. The summed E-state index contributed by atoms with van der Waals surface area (Å²) < 4.78 is 1.93. The third-order valence-corrected chi connectivity index (χ3v) is 5.33. The van der Waals surface area contributed by atoms with E-state index in [0.717, 1.165) is 22.6 Å². The number of rotatable bonds is 7. The highest BCUT2D eigenvalue weighted by Gasteiger charge is 2.21. The van der Waals surface area contributed by atoms with E-state index in [9.17, 15) is 9.59 Å². The fourth-order valence-electron chi connectivity index (χ4n) is 3.28. The topological polar surface area (TPSA) is 93.2 Å². The van der Waals surface area contributed by atoms with Gasteiger partial charge in [-0.1, -0.05) is 18.2 Å². The average Bonchev–Trinajstić information content (AvgIpc) is 3.02. The van der Waals surface area contributed by atoms with E-state index in [1.54, 1.807) is 24.3 Å². The largest absolute Gasteiger partial charge is 0.366 e. The van der Waals surface area contributed by atoms with Crippen molar-refractivity contribution < 1.29 is 9.59 Å². The summed E-state index contributed by atoms with van der Waals surface area (Å²) in [6.45, 7) is 6.49. The third-order valence-electron chi connectivity index (χ3n) is 5.33. The van der Waals surface area contributed by atoms with Gasteiger partial charge in [0.25, 0.3) is 0 Å². The minimum Gasteiger partial charge on any atom is -0.366 e. The molecule has 3 aromatic rings. The van der Waals surface area contributed by atoms with E-state index in [1.807, 2.05) is 67.7 Å². The van der Waals surface area contributed by atoms with Gasteiger partial charge >= 0.3 is 0 Å². The summed E-state index contributed by atoms with van der Waals surface area (Å²) >= 11 is 0. The Hall–Kier alpha value is -3.45. The van der Waals surface area contributed by atoms with Gasteiger partial charge < -0.3 is 11.1 Å². The number of anilines is 1. The van der Waals surface area contributed by atoms with Crippen LogP contribution in [0.2, 0.25) is 0 Å². The number of carbonyl (C=O) groups excluding carboxylic acids is 2. The molecule has 0 saturated heterocycles. The number of nitrogens with zero attached hydrogens (tertiary/aromatic N) is 3. The van der Waals surface area contributed by atoms with E-state index in [-0.39, 0.29) is 11.9 Å². The smallest absolute Gasteiger partial charge is 0.248 e. The molecular weight excluding hydrogens is 378 g/mol. The molecule has 0 unspecified atom stereocenters. The van der Waals surface area contributed by atoms with Gasteiger partial charge in [0.05, 0.1) is 17.4 Å². The first kappa shape index (κ1) is 21.3. The van der Waals surface area contributed by atoms with Gasteiger partial charge in [-0.25, -0.2) is 4.68 Å². The highest BCUT2D eigenvalue weighted by atomic mass is 16.2. The van der Waals surface area contributed by atoms with Gasteiger partial charge in [0.15, 0.2) is 0 Å². The van der Waals surface area contributed by atoms with Crippen LogP contribution in [0.4, 0.5) is 5.69 Å². The molecule has 1 heterocycles. The summed E-state index contributed by atoms with van der Waals surface area (Å²) in [6.07, 6.45) is 0. The van der Waals surface area contributed by atoms with E-state index in [1.165, 1.54) is 0 Å². The number of likely N-dealkylation sites (N-methyl/N-ethyl adjacent to an activating group) is 1. The van der Waals surface area contributed by atoms with Crippen LogP contribution in [-0.2, 0) is 11.3 Å². The van der Waals surface area contributed by atoms with Crippen molar-refractivity contribution in [1.82, 2.24) is 14.7 Å². The van der Waals surface area contributed by atoms with Crippen LogP contribution in [0.3, 0.4) is 0 Å². The first-order valence-electron chi connectivity index (χ1n) is 9.79. The van der Waals surface area contributed by atoms with Crippen LogP contribution in [0.1, 0.15) is 34.2 Å². The number of primary amides is 1. The maximum Gasteiger partial charge on any atom is 0.248 e. The first-order chi connectivity index (χ1) is 14.3. The lowest BCUT2D eigenvalue weighted by Gasteiger charge is -2.24. The SMILES string of the molecule is Cc1nn(-c2ccccc2)c(C)c1CN(C)[C@@H](C)C(=O)Nc1ccc(C(N)=O)cc1. The van der Waals surface area contributed by atoms with Crippen molar-refractivity contribution >= 4 is 17.5 Å². The predicted octanol–water partition coefficient (Wildman–Crippen LogP) is 3.05. The van der Waals surface area contributed by atoms with Gasteiger partial charge in [-0.15, -0.1) is 0 Å². The Labute approximate surface area is 176 Å². The molecule has 0 aliphatic rings. The molecule has 30 heavy (non-hydrogen) atoms. The molecule has 7 heteroatoms. The van der Waals surface area contributed by atoms with E-state index in [4.69, 9.17) is 5.73 Å². The molecule has 3 N–H and O–H groups in total. The van der Waals surface area contributed by atoms with Crippen molar-refractivity contribution in [3.63, 3.8) is 0 Å². The molecule has 7 nitrogen and oxygen atoms in total. The number of hydrogen-bond acceptors (Lipinski definition) is 4. The molecule has 0 saturated carbocycles. The minimum absolute atomic E-state index is 0.130. The molecule has 0 aliphatic carbocycles. The van der Waals surface area contributed by atoms with Crippen molar-refractivity contribution in [2.75, 3.05) is 12.4 Å². The van der Waals surface area contributed by atoms with Gasteiger partial charge in [0.2, 0.25) is 11.8 Å². The molecule has 2 aromatic carbocycles. The quantitative estimate of drug-likeness (QED) is 0.632. The number of hydrogen-bond donors (Lipinski definition) is 2. The number of nitrogens with two attached hydrogens (primary N) is 1. The summed E-state index contributed by atoms with van der Waals surface area (Å²) in [7, 11) is 1.92. The average molecular weight is 406 g/mol. The van der Waals surface area contributed by atoms with E-state index < -0.39 is 5.91 Å². The molecular formula is C23H27N5O2.